The van der Waals surface area contributed by atoms with Gasteiger partial charge in [0.05, 0.1) is 29.9 Å². The molecule has 0 fully saturated rings. The Hall–Kier alpha value is -2.95. The van der Waals surface area contributed by atoms with Gasteiger partial charge in [-0.3, -0.25) is 10.0 Å². The zero-order chi connectivity index (χ0) is 20.9. The Balaban J connectivity index is 2.28. The molecule has 0 radical (unpaired) electrons. The molecule has 0 saturated heterocycles. The molecule has 28 heavy (non-hydrogen) atoms. The van der Waals surface area contributed by atoms with Gasteiger partial charge in [0.2, 0.25) is 0 Å². The number of carbonyl (C=O) groups is 1. The van der Waals surface area contributed by atoms with Crippen LogP contribution in [-0.4, -0.2) is 28.2 Å². The van der Waals surface area contributed by atoms with E-state index in [1.165, 1.54) is 19.2 Å². The fraction of sp³-hybridized carbons (Fsp3) is 0.235. The van der Waals surface area contributed by atoms with Gasteiger partial charge in [-0.1, -0.05) is 0 Å². The Bertz CT molecular complexity index is 944. The van der Waals surface area contributed by atoms with E-state index in [-0.39, 0.29) is 28.6 Å². The van der Waals surface area contributed by atoms with Gasteiger partial charge in [-0.2, -0.15) is 13.2 Å². The van der Waals surface area contributed by atoms with Crippen molar-refractivity contribution in [3.8, 4) is 5.75 Å². The number of anilines is 2. The zero-order valence-corrected chi connectivity index (χ0v) is 15.6. The number of methoxy groups -OCH3 is 1. The third-order valence-electron chi connectivity index (χ3n) is 3.46. The molecule has 0 unspecified atom stereocenters. The van der Waals surface area contributed by atoms with E-state index in [2.05, 4.69) is 10.0 Å². The van der Waals surface area contributed by atoms with Crippen molar-refractivity contribution in [1.82, 2.24) is 0 Å². The van der Waals surface area contributed by atoms with E-state index in [4.69, 9.17) is 9.47 Å². The molecule has 0 aromatic heterocycles. The largest absolute Gasteiger partial charge is 0.495 e. The maximum absolute atomic E-state index is 12.6. The highest BCUT2D eigenvalue weighted by Crippen LogP contribution is 2.31. The van der Waals surface area contributed by atoms with E-state index in [0.29, 0.717) is 0 Å². The first-order valence-corrected chi connectivity index (χ1v) is 9.37. The van der Waals surface area contributed by atoms with Gasteiger partial charge in [0.25, 0.3) is 10.0 Å². The molecular formula is C17H17F3N2O5S. The molecule has 152 valence electrons. The van der Waals surface area contributed by atoms with Crippen molar-refractivity contribution < 1.29 is 35.9 Å². The number of carbonyl (C=O) groups excluding carboxylic acids is 1. The van der Waals surface area contributed by atoms with Crippen LogP contribution in [0.25, 0.3) is 0 Å². The first-order valence-electron chi connectivity index (χ1n) is 7.88. The first-order chi connectivity index (χ1) is 13.1. The SMILES string of the molecule is CCOC(=O)Nc1cc(S(=O)(=O)Nc2ccc(C(F)(F)F)cc2)ccc1OC. The molecule has 0 spiro atoms. The quantitative estimate of drug-likeness (QED) is 0.737. The van der Waals surface area contributed by atoms with Gasteiger partial charge >= 0.3 is 12.3 Å². The number of sulfonamides is 1. The van der Waals surface area contributed by atoms with Gasteiger partial charge in [0.15, 0.2) is 0 Å². The maximum Gasteiger partial charge on any atom is 0.416 e. The van der Waals surface area contributed by atoms with Crippen LogP contribution in [0.5, 0.6) is 5.75 Å². The van der Waals surface area contributed by atoms with Crippen molar-refractivity contribution in [3.63, 3.8) is 0 Å². The highest BCUT2D eigenvalue weighted by molar-refractivity contribution is 7.92. The highest BCUT2D eigenvalue weighted by Gasteiger charge is 2.30. The van der Waals surface area contributed by atoms with Crippen LogP contribution < -0.4 is 14.8 Å². The minimum Gasteiger partial charge on any atom is -0.495 e. The molecule has 1 amide bonds. The molecule has 2 rings (SSSR count). The molecule has 0 aliphatic heterocycles. The molecule has 0 atom stereocenters. The number of halogens is 3. The molecule has 0 aliphatic carbocycles. The number of rotatable bonds is 6. The van der Waals surface area contributed by atoms with Crippen LogP contribution in [0.1, 0.15) is 12.5 Å². The minimum atomic E-state index is -4.53. The molecule has 7 nitrogen and oxygen atoms in total. The van der Waals surface area contributed by atoms with Gasteiger partial charge in [-0.05, 0) is 49.4 Å². The lowest BCUT2D eigenvalue weighted by atomic mass is 10.2. The average molecular weight is 418 g/mol. The normalized spacial score (nSPS) is 11.6. The molecular weight excluding hydrogens is 401 g/mol. The van der Waals surface area contributed by atoms with E-state index in [1.54, 1.807) is 6.92 Å². The molecule has 0 saturated carbocycles. The van der Waals surface area contributed by atoms with E-state index in [0.717, 1.165) is 30.3 Å². The van der Waals surface area contributed by atoms with Crippen molar-refractivity contribution in [2.45, 2.75) is 18.0 Å². The third kappa shape index (κ3) is 5.28. The van der Waals surface area contributed by atoms with Crippen LogP contribution in [0.2, 0.25) is 0 Å². The Morgan fingerprint density at radius 3 is 2.29 bits per heavy atom. The monoisotopic (exact) mass is 418 g/mol. The summed E-state index contributed by atoms with van der Waals surface area (Å²) >= 11 is 0. The van der Waals surface area contributed by atoms with Crippen molar-refractivity contribution in [1.29, 1.82) is 0 Å². The standard InChI is InChI=1S/C17H17F3N2O5S/c1-3-27-16(23)21-14-10-13(8-9-15(14)26-2)28(24,25)22-12-6-4-11(5-7-12)17(18,19)20/h4-10,22H,3H2,1-2H3,(H,21,23). The van der Waals surface area contributed by atoms with Crippen molar-refractivity contribution in [3.05, 3.63) is 48.0 Å². The Morgan fingerprint density at radius 1 is 1.11 bits per heavy atom. The second-order valence-electron chi connectivity index (χ2n) is 5.39. The summed E-state index contributed by atoms with van der Waals surface area (Å²) in [5, 5.41) is 2.36. The number of amides is 1. The van der Waals surface area contributed by atoms with Crippen LogP contribution in [0.3, 0.4) is 0 Å². The molecule has 2 aromatic carbocycles. The van der Waals surface area contributed by atoms with Gasteiger partial charge in [-0.15, -0.1) is 0 Å². The van der Waals surface area contributed by atoms with Crippen LogP contribution in [-0.2, 0) is 20.9 Å². The summed E-state index contributed by atoms with van der Waals surface area (Å²) in [5.74, 6) is 0.196. The van der Waals surface area contributed by atoms with Gasteiger partial charge in [0.1, 0.15) is 5.75 Å². The number of hydrogen-bond donors (Lipinski definition) is 2. The maximum atomic E-state index is 12.6. The second-order valence-corrected chi connectivity index (χ2v) is 7.07. The molecule has 2 aromatic rings. The molecule has 0 bridgehead atoms. The minimum absolute atomic E-state index is 0.0521. The Morgan fingerprint density at radius 2 is 1.75 bits per heavy atom. The Labute approximate surface area is 159 Å². The van der Waals surface area contributed by atoms with Gasteiger partial charge in [-0.25, -0.2) is 13.2 Å². The summed E-state index contributed by atoms with van der Waals surface area (Å²) in [5.41, 5.74) is -0.902. The zero-order valence-electron chi connectivity index (χ0n) is 14.8. The summed E-state index contributed by atoms with van der Waals surface area (Å²) in [7, 11) is -2.80. The van der Waals surface area contributed by atoms with E-state index < -0.39 is 27.9 Å². The third-order valence-corrected chi connectivity index (χ3v) is 4.84. The predicted molar refractivity (Wildman–Crippen MR) is 95.9 cm³/mol. The first kappa shape index (κ1) is 21.4. The fourth-order valence-electron chi connectivity index (χ4n) is 2.17. The number of benzene rings is 2. The smallest absolute Gasteiger partial charge is 0.416 e. The summed E-state index contributed by atoms with van der Waals surface area (Å²) in [6.45, 7) is 1.72. The lowest BCUT2D eigenvalue weighted by Gasteiger charge is -2.13. The topological polar surface area (TPSA) is 93.7 Å². The highest BCUT2D eigenvalue weighted by atomic mass is 32.2. The van der Waals surface area contributed by atoms with E-state index in [9.17, 15) is 26.4 Å². The lowest BCUT2D eigenvalue weighted by molar-refractivity contribution is -0.137. The number of ether oxygens (including phenoxy) is 2. The summed E-state index contributed by atoms with van der Waals surface area (Å²) in [6.07, 6.45) is -5.33. The average Bonchev–Trinajstić information content (AvgIpc) is 2.61. The number of alkyl halides is 3. The van der Waals surface area contributed by atoms with Crippen molar-refractivity contribution in [2.24, 2.45) is 0 Å². The van der Waals surface area contributed by atoms with E-state index in [1.807, 2.05) is 0 Å². The molecule has 11 heteroatoms. The van der Waals surface area contributed by atoms with Crippen LogP contribution >= 0.6 is 0 Å². The van der Waals surface area contributed by atoms with Crippen molar-refractivity contribution >= 4 is 27.5 Å². The van der Waals surface area contributed by atoms with Crippen LogP contribution in [0.15, 0.2) is 47.4 Å². The Kier molecular flexibility index (Phi) is 6.39. The van der Waals surface area contributed by atoms with E-state index >= 15 is 0 Å². The number of hydrogen-bond acceptors (Lipinski definition) is 5. The molecule has 0 aliphatic rings. The van der Waals surface area contributed by atoms with Gasteiger partial charge in [0, 0.05) is 5.69 Å². The predicted octanol–water partition coefficient (Wildman–Crippen LogP) is 4.08. The molecule has 2 N–H and O–H groups in total. The van der Waals surface area contributed by atoms with Crippen LogP contribution in [0.4, 0.5) is 29.3 Å². The fourth-order valence-corrected chi connectivity index (χ4v) is 3.25. The summed E-state index contributed by atoms with van der Waals surface area (Å²) in [6, 6.07) is 7.22. The van der Waals surface area contributed by atoms with Gasteiger partial charge < -0.3 is 9.47 Å². The number of nitrogens with one attached hydrogen (secondary N) is 2. The summed E-state index contributed by atoms with van der Waals surface area (Å²) < 4.78 is 74.8. The van der Waals surface area contributed by atoms with Crippen LogP contribution in [0, 0.1) is 0 Å². The molecule has 0 heterocycles. The second kappa shape index (κ2) is 8.38. The van der Waals surface area contributed by atoms with Crippen molar-refractivity contribution in [2.75, 3.05) is 23.8 Å². The summed E-state index contributed by atoms with van der Waals surface area (Å²) in [4.78, 5) is 11.4. The lowest BCUT2D eigenvalue weighted by Crippen LogP contribution is -2.16.